The number of halogens is 1. The SMILES string of the molecule is O=C1C(Cl)=C(N2CCCC2)C(=O)c2sc([N+](=O)[O-])cc21. The van der Waals surface area contributed by atoms with Gasteiger partial charge in [0, 0.05) is 19.2 Å². The zero-order valence-electron chi connectivity index (χ0n) is 10.2. The minimum atomic E-state index is -0.604. The first-order valence-corrected chi connectivity index (χ1v) is 7.22. The maximum atomic E-state index is 12.4. The molecule has 6 nitrogen and oxygen atoms in total. The number of carbonyl (C=O) groups excluding carboxylic acids is 2. The van der Waals surface area contributed by atoms with Crippen LogP contribution in [-0.4, -0.2) is 34.5 Å². The standard InChI is InChI=1S/C12H9ClN2O4S/c13-8-9(14-3-1-2-4-14)11(17)12-6(10(8)16)5-7(20-12)15(18)19/h5H,1-4H2. The van der Waals surface area contributed by atoms with E-state index in [0.717, 1.165) is 30.2 Å². The molecule has 2 heterocycles. The Morgan fingerprint density at radius 2 is 1.90 bits per heavy atom. The molecule has 1 fully saturated rings. The minimum Gasteiger partial charge on any atom is -0.367 e. The molecule has 20 heavy (non-hydrogen) atoms. The summed E-state index contributed by atoms with van der Waals surface area (Å²) in [5.41, 5.74) is 0.234. The summed E-state index contributed by atoms with van der Waals surface area (Å²) in [6, 6.07) is 1.13. The van der Waals surface area contributed by atoms with Gasteiger partial charge in [-0.2, -0.15) is 0 Å². The van der Waals surface area contributed by atoms with Crippen LogP contribution < -0.4 is 0 Å². The molecule has 0 atom stereocenters. The van der Waals surface area contributed by atoms with Crippen LogP contribution in [0.1, 0.15) is 32.9 Å². The van der Waals surface area contributed by atoms with Crippen LogP contribution in [0.25, 0.3) is 0 Å². The van der Waals surface area contributed by atoms with Gasteiger partial charge in [-0.3, -0.25) is 19.7 Å². The number of ketones is 2. The maximum Gasteiger partial charge on any atom is 0.325 e. The van der Waals surface area contributed by atoms with Crippen molar-refractivity contribution in [3.05, 3.63) is 37.4 Å². The number of hydrogen-bond donors (Lipinski definition) is 0. The highest BCUT2D eigenvalue weighted by molar-refractivity contribution is 7.18. The van der Waals surface area contributed by atoms with Crippen molar-refractivity contribution >= 4 is 39.5 Å². The van der Waals surface area contributed by atoms with Crippen molar-refractivity contribution in [2.45, 2.75) is 12.8 Å². The summed E-state index contributed by atoms with van der Waals surface area (Å²) >= 11 is 6.76. The normalized spacial score (nSPS) is 18.8. The molecule has 0 saturated carbocycles. The molecule has 1 saturated heterocycles. The van der Waals surface area contributed by atoms with Gasteiger partial charge in [-0.05, 0) is 12.8 Å². The average molecular weight is 313 g/mol. The summed E-state index contributed by atoms with van der Waals surface area (Å²) in [5, 5.41) is 10.4. The molecule has 0 bridgehead atoms. The van der Waals surface area contributed by atoms with Crippen molar-refractivity contribution in [2.75, 3.05) is 13.1 Å². The summed E-state index contributed by atoms with van der Waals surface area (Å²) in [7, 11) is 0. The lowest BCUT2D eigenvalue weighted by Crippen LogP contribution is -2.30. The number of Topliss-reactive ketones (excluding diaryl/α,β-unsaturated/α-hetero) is 2. The largest absolute Gasteiger partial charge is 0.367 e. The number of nitro groups is 1. The quantitative estimate of drug-likeness (QED) is 0.619. The van der Waals surface area contributed by atoms with E-state index in [9.17, 15) is 19.7 Å². The molecule has 1 aliphatic carbocycles. The van der Waals surface area contributed by atoms with Crippen LogP contribution in [-0.2, 0) is 0 Å². The third-order valence-electron chi connectivity index (χ3n) is 3.39. The highest BCUT2D eigenvalue weighted by Gasteiger charge is 2.38. The van der Waals surface area contributed by atoms with Crippen LogP contribution in [0, 0.1) is 10.1 Å². The Bertz CT molecular complexity index is 673. The van der Waals surface area contributed by atoms with Crippen LogP contribution in [0.15, 0.2) is 16.8 Å². The van der Waals surface area contributed by atoms with Crippen LogP contribution in [0.5, 0.6) is 0 Å². The highest BCUT2D eigenvalue weighted by atomic mass is 35.5. The zero-order chi connectivity index (χ0) is 14.4. The van der Waals surface area contributed by atoms with Crippen LogP contribution in [0.2, 0.25) is 0 Å². The Morgan fingerprint density at radius 1 is 1.25 bits per heavy atom. The van der Waals surface area contributed by atoms with Crippen LogP contribution in [0.4, 0.5) is 5.00 Å². The number of likely N-dealkylation sites (tertiary alicyclic amines) is 1. The average Bonchev–Trinajstić information content (AvgIpc) is 3.05. The lowest BCUT2D eigenvalue weighted by molar-refractivity contribution is -0.380. The zero-order valence-corrected chi connectivity index (χ0v) is 11.8. The summed E-state index contributed by atoms with van der Waals surface area (Å²) < 4.78 is 0. The molecule has 0 spiro atoms. The molecule has 2 aliphatic rings. The minimum absolute atomic E-state index is 0.0413. The molecule has 1 aromatic heterocycles. The Kier molecular flexibility index (Phi) is 3.10. The van der Waals surface area contributed by atoms with Crippen LogP contribution >= 0.6 is 22.9 Å². The molecule has 3 rings (SSSR count). The fourth-order valence-corrected chi connectivity index (χ4v) is 3.68. The number of fused-ring (bicyclic) bond motifs is 1. The van der Waals surface area contributed by atoms with Gasteiger partial charge in [0.2, 0.25) is 11.6 Å². The first-order chi connectivity index (χ1) is 9.50. The topological polar surface area (TPSA) is 80.5 Å². The van der Waals surface area contributed by atoms with Gasteiger partial charge < -0.3 is 4.90 Å². The fourth-order valence-electron chi connectivity index (χ4n) is 2.46. The Balaban J connectivity index is 2.10. The molecular weight excluding hydrogens is 304 g/mol. The number of nitrogens with zero attached hydrogens (tertiary/aromatic N) is 2. The van der Waals surface area contributed by atoms with Gasteiger partial charge in [-0.1, -0.05) is 22.9 Å². The van der Waals surface area contributed by atoms with E-state index >= 15 is 0 Å². The van der Waals surface area contributed by atoms with E-state index in [2.05, 4.69) is 0 Å². The summed E-state index contributed by atoms with van der Waals surface area (Å²) in [6.07, 6.45) is 1.87. The van der Waals surface area contributed by atoms with E-state index in [1.54, 1.807) is 4.90 Å². The molecule has 8 heteroatoms. The van der Waals surface area contributed by atoms with E-state index in [-0.39, 0.29) is 32.0 Å². The highest BCUT2D eigenvalue weighted by Crippen LogP contribution is 2.38. The van der Waals surface area contributed by atoms with Gasteiger partial charge in [-0.25, -0.2) is 0 Å². The van der Waals surface area contributed by atoms with E-state index in [4.69, 9.17) is 11.6 Å². The predicted molar refractivity (Wildman–Crippen MR) is 73.3 cm³/mol. The lowest BCUT2D eigenvalue weighted by Gasteiger charge is -2.24. The van der Waals surface area contributed by atoms with E-state index < -0.39 is 10.7 Å². The smallest absolute Gasteiger partial charge is 0.325 e. The summed E-state index contributed by atoms with van der Waals surface area (Å²) in [5.74, 6) is -0.892. The lowest BCUT2D eigenvalue weighted by atomic mass is 10.00. The molecule has 0 amide bonds. The maximum absolute atomic E-state index is 12.4. The van der Waals surface area contributed by atoms with Gasteiger partial charge in [0.05, 0.1) is 15.4 Å². The Labute approximate surface area is 122 Å². The number of carbonyl (C=O) groups is 2. The molecule has 0 radical (unpaired) electrons. The van der Waals surface area contributed by atoms with Crippen molar-refractivity contribution in [3.63, 3.8) is 0 Å². The number of rotatable bonds is 2. The Morgan fingerprint density at radius 3 is 2.50 bits per heavy atom. The summed E-state index contributed by atoms with van der Waals surface area (Å²) in [4.78, 5) is 36.7. The summed E-state index contributed by atoms with van der Waals surface area (Å²) in [6.45, 7) is 1.35. The molecule has 1 aromatic rings. The first-order valence-electron chi connectivity index (χ1n) is 6.03. The monoisotopic (exact) mass is 312 g/mol. The molecule has 1 aliphatic heterocycles. The van der Waals surface area contributed by atoms with Gasteiger partial charge in [0.1, 0.15) is 10.7 Å². The molecule has 0 N–H and O–H groups in total. The number of allylic oxidation sites excluding steroid dienone is 2. The second-order valence-corrected chi connectivity index (χ2v) is 6.01. The van der Waals surface area contributed by atoms with Crippen molar-refractivity contribution in [3.8, 4) is 0 Å². The third kappa shape index (κ3) is 1.85. The molecular formula is C12H9ClN2O4S. The molecule has 0 aromatic carbocycles. The van der Waals surface area contributed by atoms with Crippen molar-refractivity contribution in [1.29, 1.82) is 0 Å². The fraction of sp³-hybridized carbons (Fsp3) is 0.333. The van der Waals surface area contributed by atoms with Gasteiger partial charge in [0.15, 0.2) is 0 Å². The van der Waals surface area contributed by atoms with E-state index in [0.29, 0.717) is 13.1 Å². The number of hydrogen-bond acceptors (Lipinski definition) is 6. The predicted octanol–water partition coefficient (Wildman–Crippen LogP) is 2.58. The van der Waals surface area contributed by atoms with Gasteiger partial charge in [0.25, 0.3) is 0 Å². The third-order valence-corrected chi connectivity index (χ3v) is 4.83. The second kappa shape index (κ2) is 4.68. The molecule has 104 valence electrons. The Hall–Kier alpha value is -1.73. The number of thiophene rings is 1. The van der Waals surface area contributed by atoms with Crippen molar-refractivity contribution in [1.82, 2.24) is 4.90 Å². The van der Waals surface area contributed by atoms with E-state index in [1.807, 2.05) is 0 Å². The van der Waals surface area contributed by atoms with Gasteiger partial charge >= 0.3 is 5.00 Å². The van der Waals surface area contributed by atoms with Gasteiger partial charge in [-0.15, -0.1) is 0 Å². The van der Waals surface area contributed by atoms with Crippen molar-refractivity contribution < 1.29 is 14.5 Å². The van der Waals surface area contributed by atoms with E-state index in [1.165, 1.54) is 0 Å². The first kappa shape index (κ1) is 13.3. The second-order valence-electron chi connectivity index (χ2n) is 4.60. The van der Waals surface area contributed by atoms with Crippen LogP contribution in [0.3, 0.4) is 0 Å². The molecule has 0 unspecified atom stereocenters. The van der Waals surface area contributed by atoms with Crippen molar-refractivity contribution in [2.24, 2.45) is 0 Å².